The van der Waals surface area contributed by atoms with Crippen LogP contribution in [0, 0.1) is 16.0 Å². The summed E-state index contributed by atoms with van der Waals surface area (Å²) in [5.41, 5.74) is 4.78. The molecule has 2 amide bonds. The second-order valence-corrected chi connectivity index (χ2v) is 7.71. The van der Waals surface area contributed by atoms with Crippen LogP contribution in [-0.4, -0.2) is 50.7 Å². The molecule has 3 N–H and O–H groups in total. The van der Waals surface area contributed by atoms with Crippen LogP contribution < -0.4 is 25.6 Å². The third-order valence-electron chi connectivity index (χ3n) is 4.75. The third-order valence-corrected chi connectivity index (χ3v) is 4.75. The number of nitrogens with one attached hydrogen (secondary N) is 3. The Morgan fingerprint density at radius 3 is 2.21 bits per heavy atom. The Balaban J connectivity index is 2.03. The lowest BCUT2D eigenvalue weighted by molar-refractivity contribution is -0.384. The summed E-state index contributed by atoms with van der Waals surface area (Å²) in [6.07, 6.45) is 0.875. The molecule has 184 valence electrons. The van der Waals surface area contributed by atoms with Crippen molar-refractivity contribution in [3.8, 4) is 11.5 Å². The lowest BCUT2D eigenvalue weighted by Gasteiger charge is -2.13. The van der Waals surface area contributed by atoms with Crippen molar-refractivity contribution < 1.29 is 28.7 Å². The van der Waals surface area contributed by atoms with Gasteiger partial charge in [-0.25, -0.2) is 0 Å². The maximum Gasteiger partial charge on any atom is 0.293 e. The number of hydrogen-bond donors (Lipinski definition) is 3. The standard InChI is InChI=1S/C23H30N4O7/c1-15(2)9-11-34-20-8-6-17(14-21(20)33-4)23(29)26-25-22(28)16-5-7-18(24-10-12-32-3)19(13-16)27(30)31/h5-8,13-15,24H,9-12H2,1-4H3,(H,25,28)(H,26,29). The van der Waals surface area contributed by atoms with Crippen LogP contribution in [0.3, 0.4) is 0 Å². The molecule has 0 saturated carbocycles. The minimum Gasteiger partial charge on any atom is -0.493 e. The van der Waals surface area contributed by atoms with E-state index in [1.165, 1.54) is 32.4 Å². The second kappa shape index (κ2) is 13.0. The maximum absolute atomic E-state index is 12.5. The molecular formula is C23H30N4O7. The molecule has 11 heteroatoms. The number of carbonyl (C=O) groups is 2. The van der Waals surface area contributed by atoms with Crippen LogP contribution in [0.2, 0.25) is 0 Å². The Hall–Kier alpha value is -3.86. The molecule has 0 atom stereocenters. The van der Waals surface area contributed by atoms with E-state index in [1.54, 1.807) is 12.1 Å². The molecule has 0 bridgehead atoms. The predicted octanol–water partition coefficient (Wildman–Crippen LogP) is 3.16. The quantitative estimate of drug-likeness (QED) is 0.242. The van der Waals surface area contributed by atoms with E-state index < -0.39 is 16.7 Å². The first-order chi connectivity index (χ1) is 16.3. The molecule has 0 aliphatic rings. The van der Waals surface area contributed by atoms with E-state index in [2.05, 4.69) is 30.0 Å². The molecule has 11 nitrogen and oxygen atoms in total. The molecular weight excluding hydrogens is 444 g/mol. The van der Waals surface area contributed by atoms with Gasteiger partial charge in [-0.15, -0.1) is 0 Å². The summed E-state index contributed by atoms with van der Waals surface area (Å²) in [5.74, 6) is 0.0857. The fraction of sp³-hybridized carbons (Fsp3) is 0.391. The van der Waals surface area contributed by atoms with Gasteiger partial charge in [-0.1, -0.05) is 13.8 Å². The zero-order chi connectivity index (χ0) is 25.1. The molecule has 2 aromatic carbocycles. The van der Waals surface area contributed by atoms with E-state index in [1.807, 2.05) is 0 Å². The summed E-state index contributed by atoms with van der Waals surface area (Å²) in [6.45, 7) is 5.43. The largest absolute Gasteiger partial charge is 0.493 e. The van der Waals surface area contributed by atoms with E-state index in [4.69, 9.17) is 14.2 Å². The molecule has 0 unspecified atom stereocenters. The smallest absolute Gasteiger partial charge is 0.293 e. The Morgan fingerprint density at radius 2 is 1.62 bits per heavy atom. The fourth-order valence-electron chi connectivity index (χ4n) is 2.85. The normalized spacial score (nSPS) is 10.5. The van der Waals surface area contributed by atoms with Crippen molar-refractivity contribution in [2.45, 2.75) is 20.3 Å². The summed E-state index contributed by atoms with van der Waals surface area (Å²) < 4.78 is 15.9. The number of methoxy groups -OCH3 is 2. The second-order valence-electron chi connectivity index (χ2n) is 7.71. The molecule has 0 fully saturated rings. The van der Waals surface area contributed by atoms with Gasteiger partial charge < -0.3 is 19.5 Å². The van der Waals surface area contributed by atoms with Crippen molar-refractivity contribution in [3.63, 3.8) is 0 Å². The highest BCUT2D eigenvalue weighted by molar-refractivity contribution is 6.00. The van der Waals surface area contributed by atoms with Crippen LogP contribution in [-0.2, 0) is 4.74 Å². The van der Waals surface area contributed by atoms with Gasteiger partial charge in [0.1, 0.15) is 5.69 Å². The molecule has 0 saturated heterocycles. The Bertz CT molecular complexity index is 1010. The fourth-order valence-corrected chi connectivity index (χ4v) is 2.85. The summed E-state index contributed by atoms with van der Waals surface area (Å²) in [4.78, 5) is 35.7. The van der Waals surface area contributed by atoms with Gasteiger partial charge >= 0.3 is 0 Å². The first-order valence-electron chi connectivity index (χ1n) is 10.7. The molecule has 34 heavy (non-hydrogen) atoms. The van der Waals surface area contributed by atoms with E-state index in [0.29, 0.717) is 37.2 Å². The topological polar surface area (TPSA) is 141 Å². The van der Waals surface area contributed by atoms with Gasteiger partial charge in [0.25, 0.3) is 17.5 Å². The monoisotopic (exact) mass is 474 g/mol. The first-order valence-corrected chi connectivity index (χ1v) is 10.7. The highest BCUT2D eigenvalue weighted by atomic mass is 16.6. The summed E-state index contributed by atoms with van der Waals surface area (Å²) in [5, 5.41) is 14.3. The molecule has 0 aromatic heterocycles. The highest BCUT2D eigenvalue weighted by Gasteiger charge is 2.18. The van der Waals surface area contributed by atoms with Gasteiger partial charge in [-0.3, -0.25) is 30.6 Å². The predicted molar refractivity (Wildman–Crippen MR) is 126 cm³/mol. The number of nitrogens with zero attached hydrogens (tertiary/aromatic N) is 1. The van der Waals surface area contributed by atoms with Crippen molar-refractivity contribution in [2.75, 3.05) is 39.3 Å². The average molecular weight is 475 g/mol. The third kappa shape index (κ3) is 7.62. The van der Waals surface area contributed by atoms with Crippen LogP contribution in [0.1, 0.15) is 41.0 Å². The van der Waals surface area contributed by atoms with Crippen LogP contribution in [0.15, 0.2) is 36.4 Å². The van der Waals surface area contributed by atoms with Crippen molar-refractivity contribution in [2.24, 2.45) is 5.92 Å². The Labute approximate surface area is 197 Å². The van der Waals surface area contributed by atoms with Crippen LogP contribution in [0.25, 0.3) is 0 Å². The van der Waals surface area contributed by atoms with E-state index >= 15 is 0 Å². The molecule has 0 aliphatic heterocycles. The number of carbonyl (C=O) groups excluding carboxylic acids is 2. The first kappa shape index (κ1) is 26.4. The van der Waals surface area contributed by atoms with Crippen molar-refractivity contribution >= 4 is 23.2 Å². The van der Waals surface area contributed by atoms with Crippen molar-refractivity contribution in [1.29, 1.82) is 0 Å². The lowest BCUT2D eigenvalue weighted by Crippen LogP contribution is -2.41. The van der Waals surface area contributed by atoms with Crippen molar-refractivity contribution in [1.82, 2.24) is 10.9 Å². The summed E-state index contributed by atoms with van der Waals surface area (Å²) in [7, 11) is 2.98. The number of anilines is 1. The van der Waals surface area contributed by atoms with Crippen LogP contribution >= 0.6 is 0 Å². The number of nitro benzene ring substituents is 1. The van der Waals surface area contributed by atoms with Crippen LogP contribution in [0.4, 0.5) is 11.4 Å². The highest BCUT2D eigenvalue weighted by Crippen LogP contribution is 2.28. The maximum atomic E-state index is 12.5. The van der Waals surface area contributed by atoms with E-state index in [0.717, 1.165) is 12.5 Å². The Kier molecular flexibility index (Phi) is 10.1. The molecule has 0 spiro atoms. The lowest BCUT2D eigenvalue weighted by atomic mass is 10.1. The van der Waals surface area contributed by atoms with Gasteiger partial charge in [-0.05, 0) is 42.7 Å². The zero-order valence-electron chi connectivity index (χ0n) is 19.7. The molecule has 2 aromatic rings. The van der Waals surface area contributed by atoms with Gasteiger partial charge in [0, 0.05) is 30.8 Å². The number of hydrazine groups is 1. The van der Waals surface area contributed by atoms with E-state index in [-0.39, 0.29) is 22.5 Å². The minimum absolute atomic E-state index is 0.00997. The number of ether oxygens (including phenoxy) is 3. The van der Waals surface area contributed by atoms with Gasteiger partial charge in [0.2, 0.25) is 0 Å². The zero-order valence-corrected chi connectivity index (χ0v) is 19.7. The van der Waals surface area contributed by atoms with Gasteiger partial charge in [0.15, 0.2) is 11.5 Å². The van der Waals surface area contributed by atoms with E-state index in [9.17, 15) is 19.7 Å². The van der Waals surface area contributed by atoms with Crippen LogP contribution in [0.5, 0.6) is 11.5 Å². The number of hydrogen-bond acceptors (Lipinski definition) is 8. The molecule has 0 aliphatic carbocycles. The minimum atomic E-state index is -0.708. The number of amides is 2. The SMILES string of the molecule is COCCNc1ccc(C(=O)NNC(=O)c2ccc(OCCC(C)C)c(OC)c2)cc1[N+](=O)[O-]. The number of benzene rings is 2. The Morgan fingerprint density at radius 1 is 0.971 bits per heavy atom. The molecule has 0 radical (unpaired) electrons. The van der Waals surface area contributed by atoms with Gasteiger partial charge in [-0.2, -0.15) is 0 Å². The van der Waals surface area contributed by atoms with Gasteiger partial charge in [0.05, 0.1) is 25.2 Å². The summed E-state index contributed by atoms with van der Waals surface area (Å²) >= 11 is 0. The summed E-state index contributed by atoms with van der Waals surface area (Å²) in [6, 6.07) is 8.62. The molecule has 0 heterocycles. The number of rotatable bonds is 12. The average Bonchev–Trinajstić information content (AvgIpc) is 2.82. The number of nitro groups is 1. The van der Waals surface area contributed by atoms with Crippen molar-refractivity contribution in [3.05, 3.63) is 57.6 Å². The molecule has 2 rings (SSSR count).